The Kier molecular flexibility index (Phi) is 2.51. The summed E-state index contributed by atoms with van der Waals surface area (Å²) in [6, 6.07) is 0. The van der Waals surface area contributed by atoms with E-state index in [1.807, 2.05) is 0 Å². The van der Waals surface area contributed by atoms with Crippen molar-refractivity contribution in [3.05, 3.63) is 0 Å². The van der Waals surface area contributed by atoms with Crippen LogP contribution in [0.4, 0.5) is 0 Å². The van der Waals surface area contributed by atoms with Crippen molar-refractivity contribution in [2.75, 3.05) is 32.8 Å². The number of hydrogen-bond acceptors (Lipinski definition) is 3. The van der Waals surface area contributed by atoms with E-state index in [2.05, 4.69) is 4.90 Å². The quantitative estimate of drug-likeness (QED) is 0.674. The highest BCUT2D eigenvalue weighted by molar-refractivity contribution is 5.73. The highest BCUT2D eigenvalue weighted by Gasteiger charge is 2.43. The monoisotopic (exact) mass is 185 g/mol. The third-order valence-electron chi connectivity index (χ3n) is 2.84. The van der Waals surface area contributed by atoms with Gasteiger partial charge < -0.3 is 9.84 Å². The Morgan fingerprint density at radius 1 is 1.46 bits per heavy atom. The minimum Gasteiger partial charge on any atom is -0.481 e. The summed E-state index contributed by atoms with van der Waals surface area (Å²) in [5.41, 5.74) is 0. The highest BCUT2D eigenvalue weighted by atomic mass is 16.5. The van der Waals surface area contributed by atoms with E-state index in [0.717, 1.165) is 39.3 Å². The van der Waals surface area contributed by atoms with Crippen LogP contribution in [0.1, 0.15) is 6.42 Å². The van der Waals surface area contributed by atoms with Crippen LogP contribution in [0, 0.1) is 11.8 Å². The van der Waals surface area contributed by atoms with Crippen molar-refractivity contribution < 1.29 is 14.6 Å². The summed E-state index contributed by atoms with van der Waals surface area (Å²) >= 11 is 0. The zero-order valence-electron chi connectivity index (χ0n) is 7.61. The maximum Gasteiger partial charge on any atom is 0.306 e. The average molecular weight is 185 g/mol. The minimum atomic E-state index is -0.627. The van der Waals surface area contributed by atoms with Crippen LogP contribution in [0.5, 0.6) is 0 Å². The van der Waals surface area contributed by atoms with Gasteiger partial charge in [0.1, 0.15) is 0 Å². The van der Waals surface area contributed by atoms with Gasteiger partial charge in [0.2, 0.25) is 0 Å². The predicted molar refractivity (Wildman–Crippen MR) is 46.5 cm³/mol. The number of carboxylic acid groups (broad SMARTS) is 1. The molecule has 2 atom stereocenters. The van der Waals surface area contributed by atoms with Gasteiger partial charge in [-0.1, -0.05) is 0 Å². The molecule has 1 saturated heterocycles. The van der Waals surface area contributed by atoms with Crippen molar-refractivity contribution in [1.29, 1.82) is 0 Å². The summed E-state index contributed by atoms with van der Waals surface area (Å²) in [6.07, 6.45) is 0.868. The van der Waals surface area contributed by atoms with Gasteiger partial charge in [0.05, 0.1) is 19.1 Å². The molecule has 13 heavy (non-hydrogen) atoms. The fourth-order valence-corrected chi connectivity index (χ4v) is 1.87. The zero-order valence-corrected chi connectivity index (χ0v) is 7.61. The molecule has 4 nitrogen and oxygen atoms in total. The Morgan fingerprint density at radius 3 is 2.69 bits per heavy atom. The lowest BCUT2D eigenvalue weighted by atomic mass is 10.3. The summed E-state index contributed by atoms with van der Waals surface area (Å²) in [6.45, 7) is 4.46. The Labute approximate surface area is 77.5 Å². The van der Waals surface area contributed by atoms with E-state index >= 15 is 0 Å². The van der Waals surface area contributed by atoms with Gasteiger partial charge in [-0.15, -0.1) is 0 Å². The van der Waals surface area contributed by atoms with E-state index in [-0.39, 0.29) is 5.92 Å². The molecule has 74 valence electrons. The number of morpholine rings is 1. The van der Waals surface area contributed by atoms with Crippen molar-refractivity contribution in [1.82, 2.24) is 4.90 Å². The van der Waals surface area contributed by atoms with Crippen LogP contribution in [0.2, 0.25) is 0 Å². The summed E-state index contributed by atoms with van der Waals surface area (Å²) in [7, 11) is 0. The zero-order chi connectivity index (χ0) is 9.26. The van der Waals surface area contributed by atoms with Crippen LogP contribution < -0.4 is 0 Å². The lowest BCUT2D eigenvalue weighted by Gasteiger charge is -2.26. The van der Waals surface area contributed by atoms with Gasteiger partial charge in [0.25, 0.3) is 0 Å². The molecule has 2 aliphatic rings. The number of carbonyl (C=O) groups is 1. The number of carboxylic acids is 1. The van der Waals surface area contributed by atoms with E-state index in [1.165, 1.54) is 0 Å². The molecule has 0 bridgehead atoms. The van der Waals surface area contributed by atoms with E-state index in [0.29, 0.717) is 5.92 Å². The van der Waals surface area contributed by atoms with Crippen molar-refractivity contribution in [2.24, 2.45) is 11.8 Å². The third-order valence-corrected chi connectivity index (χ3v) is 2.84. The molecule has 1 N–H and O–H groups in total. The Bertz CT molecular complexity index is 201. The Hall–Kier alpha value is -0.610. The topological polar surface area (TPSA) is 49.8 Å². The third kappa shape index (κ3) is 2.19. The second-order valence-corrected chi connectivity index (χ2v) is 3.85. The summed E-state index contributed by atoms with van der Waals surface area (Å²) in [5, 5.41) is 8.71. The van der Waals surface area contributed by atoms with Crippen LogP contribution in [-0.2, 0) is 9.53 Å². The molecule has 0 aromatic rings. The number of aliphatic carboxylic acids is 1. The van der Waals surface area contributed by atoms with Crippen molar-refractivity contribution in [2.45, 2.75) is 6.42 Å². The summed E-state index contributed by atoms with van der Waals surface area (Å²) in [5.74, 6) is -0.295. The maximum atomic E-state index is 10.6. The summed E-state index contributed by atoms with van der Waals surface area (Å²) < 4.78 is 5.22. The number of nitrogens with zero attached hydrogens (tertiary/aromatic N) is 1. The molecule has 0 radical (unpaired) electrons. The van der Waals surface area contributed by atoms with Gasteiger partial charge >= 0.3 is 5.97 Å². The first-order chi connectivity index (χ1) is 6.27. The fraction of sp³-hybridized carbons (Fsp3) is 0.889. The molecule has 1 aliphatic carbocycles. The van der Waals surface area contributed by atoms with Gasteiger partial charge in [0.15, 0.2) is 0 Å². The lowest BCUT2D eigenvalue weighted by molar-refractivity contribution is -0.138. The molecule has 1 aliphatic heterocycles. The van der Waals surface area contributed by atoms with E-state index < -0.39 is 5.97 Å². The molecule has 1 saturated carbocycles. The van der Waals surface area contributed by atoms with Gasteiger partial charge in [-0.2, -0.15) is 0 Å². The minimum absolute atomic E-state index is 0.0668. The van der Waals surface area contributed by atoms with Crippen LogP contribution in [0.15, 0.2) is 0 Å². The molecule has 2 rings (SSSR count). The Morgan fingerprint density at radius 2 is 2.15 bits per heavy atom. The largest absolute Gasteiger partial charge is 0.481 e. The normalized spacial score (nSPS) is 34.5. The van der Waals surface area contributed by atoms with E-state index in [1.54, 1.807) is 0 Å². The van der Waals surface area contributed by atoms with Crippen LogP contribution in [0.25, 0.3) is 0 Å². The van der Waals surface area contributed by atoms with Crippen molar-refractivity contribution in [3.63, 3.8) is 0 Å². The van der Waals surface area contributed by atoms with Crippen molar-refractivity contribution in [3.8, 4) is 0 Å². The first-order valence-electron chi connectivity index (χ1n) is 4.80. The van der Waals surface area contributed by atoms with E-state index in [9.17, 15) is 4.79 Å². The first kappa shape index (κ1) is 8.97. The molecular weight excluding hydrogens is 170 g/mol. The van der Waals surface area contributed by atoms with Gasteiger partial charge in [0, 0.05) is 19.6 Å². The molecule has 2 unspecified atom stereocenters. The van der Waals surface area contributed by atoms with Gasteiger partial charge in [-0.05, 0) is 12.3 Å². The summed E-state index contributed by atoms with van der Waals surface area (Å²) in [4.78, 5) is 12.9. The molecule has 0 amide bonds. The Balaban J connectivity index is 1.70. The number of rotatable bonds is 3. The lowest BCUT2D eigenvalue weighted by Crippen LogP contribution is -2.37. The predicted octanol–water partition coefficient (Wildman–Crippen LogP) is 0.0393. The number of hydrogen-bond donors (Lipinski definition) is 1. The molecular formula is C9H15NO3. The fourth-order valence-electron chi connectivity index (χ4n) is 1.87. The van der Waals surface area contributed by atoms with E-state index in [4.69, 9.17) is 9.84 Å². The molecule has 1 heterocycles. The van der Waals surface area contributed by atoms with Crippen LogP contribution in [-0.4, -0.2) is 48.8 Å². The van der Waals surface area contributed by atoms with Crippen LogP contribution in [0.3, 0.4) is 0 Å². The van der Waals surface area contributed by atoms with Crippen LogP contribution >= 0.6 is 0 Å². The highest BCUT2D eigenvalue weighted by Crippen LogP contribution is 2.39. The first-order valence-corrected chi connectivity index (χ1v) is 4.80. The number of ether oxygens (including phenoxy) is 1. The second kappa shape index (κ2) is 3.64. The van der Waals surface area contributed by atoms with Gasteiger partial charge in [-0.25, -0.2) is 0 Å². The average Bonchev–Trinajstić information content (AvgIpc) is 2.86. The molecule has 0 aromatic carbocycles. The molecule has 2 fully saturated rings. The maximum absolute atomic E-state index is 10.6. The molecule has 0 aromatic heterocycles. The van der Waals surface area contributed by atoms with Gasteiger partial charge in [-0.3, -0.25) is 9.69 Å². The second-order valence-electron chi connectivity index (χ2n) is 3.85. The van der Waals surface area contributed by atoms with Crippen molar-refractivity contribution >= 4 is 5.97 Å². The smallest absolute Gasteiger partial charge is 0.306 e. The molecule has 0 spiro atoms. The molecule has 4 heteroatoms. The SMILES string of the molecule is O=C(O)C1CC1CN1CCOCC1. The standard InChI is InChI=1S/C9H15NO3/c11-9(12)8-5-7(8)6-10-1-3-13-4-2-10/h7-8H,1-6H2,(H,11,12).